The predicted molar refractivity (Wildman–Crippen MR) is 532 cm³/mol. The van der Waals surface area contributed by atoms with Crippen LogP contribution >= 0.6 is 0 Å². The molecule has 708 valence electrons. The first kappa shape index (κ1) is 89.4. The number of ether oxygens (including phenoxy) is 4. The van der Waals surface area contributed by atoms with Crippen LogP contribution < -0.4 is 33.8 Å². The summed E-state index contributed by atoms with van der Waals surface area (Å²) in [5.74, 6) is 1.85. The van der Waals surface area contributed by atoms with Gasteiger partial charge >= 0.3 is 0 Å². The Hall–Kier alpha value is -12.9. The second-order valence-corrected chi connectivity index (χ2v) is 38.3. The molecule has 31 nitrogen and oxygen atoms in total. The molecule has 21 heterocycles. The van der Waals surface area contributed by atoms with Gasteiger partial charge in [0.15, 0.2) is 34.1 Å². The van der Waals surface area contributed by atoms with Crippen LogP contribution in [0.3, 0.4) is 0 Å². The first-order valence-electron chi connectivity index (χ1n) is 48.7. The Morgan fingerprint density at radius 2 is 0.591 bits per heavy atom. The lowest BCUT2D eigenvalue weighted by atomic mass is 10.0. The van der Waals surface area contributed by atoms with Crippen molar-refractivity contribution >= 4 is 88.9 Å². The third-order valence-corrected chi connectivity index (χ3v) is 30.1. The molecular formula is C104H119F2N27O4. The lowest BCUT2D eigenvalue weighted by Gasteiger charge is -2.42. The fourth-order valence-electron chi connectivity index (χ4n) is 21.9. The number of piperidine rings is 4. The first-order chi connectivity index (χ1) is 67.1. The van der Waals surface area contributed by atoms with Gasteiger partial charge in [-0.2, -0.15) is 20.4 Å². The number of hydrogen-bond donors (Lipinski definition) is 0. The van der Waals surface area contributed by atoms with Gasteiger partial charge in [0.1, 0.15) is 17.4 Å². The number of anilines is 4. The van der Waals surface area contributed by atoms with Crippen molar-refractivity contribution in [1.82, 2.24) is 113 Å². The van der Waals surface area contributed by atoms with Crippen LogP contribution in [0.25, 0.3) is 111 Å². The number of likely N-dealkylation sites (N-methyl/N-ethyl adjacent to an activating group) is 3. The van der Waals surface area contributed by atoms with Gasteiger partial charge in [0.2, 0.25) is 6.79 Å². The van der Waals surface area contributed by atoms with Crippen LogP contribution in [0, 0.1) is 32.4 Å². The number of rotatable bonds is 13. The number of benzene rings is 4. The Bertz CT molecular complexity index is 7030. The highest BCUT2D eigenvalue weighted by atomic mass is 19.1. The number of hydrogen-bond acceptors (Lipinski definition) is 27. The van der Waals surface area contributed by atoms with E-state index in [2.05, 4.69) is 153 Å². The molecule has 12 aromatic heterocycles. The molecule has 4 aromatic carbocycles. The van der Waals surface area contributed by atoms with Crippen LogP contribution in [-0.4, -0.2) is 329 Å². The Kier molecular flexibility index (Phi) is 25.4. The molecule has 0 N–H and O–H groups in total. The zero-order chi connectivity index (χ0) is 92.9. The van der Waals surface area contributed by atoms with E-state index in [1.807, 2.05) is 135 Å². The van der Waals surface area contributed by atoms with Gasteiger partial charge in [-0.15, -0.1) is 0 Å². The highest BCUT2D eigenvalue weighted by Crippen LogP contribution is 2.43. The molecule has 0 spiro atoms. The van der Waals surface area contributed by atoms with Gasteiger partial charge < -0.3 is 53.2 Å². The quantitative estimate of drug-likeness (QED) is 0.104. The van der Waals surface area contributed by atoms with Crippen molar-refractivity contribution in [2.24, 2.45) is 0 Å². The number of aromatic nitrogens is 16. The molecule has 0 radical (unpaired) electrons. The lowest BCUT2D eigenvalue weighted by Crippen LogP contribution is -2.52. The molecule has 25 rings (SSSR count). The summed E-state index contributed by atoms with van der Waals surface area (Å²) in [5, 5.41) is 22.5. The summed E-state index contributed by atoms with van der Waals surface area (Å²) in [7, 11) is 8.34. The van der Waals surface area contributed by atoms with Crippen LogP contribution in [-0.2, 0) is 4.74 Å². The zero-order valence-electron chi connectivity index (χ0n) is 79.3. The second-order valence-electron chi connectivity index (χ2n) is 38.3. The molecule has 16 aromatic rings. The summed E-state index contributed by atoms with van der Waals surface area (Å²) in [4.78, 5) is 64.7. The molecular weight excluding hydrogens is 1730 g/mol. The SMILES string of the molecule is CN1CCN(C2CCN(c3cnc4c(-c5ccnc6cc7c(cc56)OCO7)cnn4c3)CC2)CC1.COc1cc2nccc(-c3cnn4cc(N5CCC(N6CCN(C)CC6)CC5)cnc34)c2cc1C.Cc1cc2c(-c3cnn4cc(N5CCC(N6CCN(C)CC6)CC5)cnc34)ccnc2cc1F.Cc1cc2c(-c3cnn4cc(N5CCC(N6CCOCC6)CC5)cnc34)ccnc2cc1F. The van der Waals surface area contributed by atoms with Gasteiger partial charge in [0.25, 0.3) is 0 Å². The van der Waals surface area contributed by atoms with Crippen molar-refractivity contribution in [2.75, 3.05) is 212 Å². The van der Waals surface area contributed by atoms with E-state index in [9.17, 15) is 8.78 Å². The fraction of sp³-hybridized carbons (Fsp3) is 0.423. The third-order valence-electron chi connectivity index (χ3n) is 30.1. The van der Waals surface area contributed by atoms with Crippen molar-refractivity contribution in [2.45, 2.75) is 96.3 Å². The fourth-order valence-corrected chi connectivity index (χ4v) is 21.9. The van der Waals surface area contributed by atoms with Gasteiger partial charge in [-0.25, -0.2) is 46.8 Å². The van der Waals surface area contributed by atoms with E-state index in [4.69, 9.17) is 38.9 Å². The predicted octanol–water partition coefficient (Wildman–Crippen LogP) is 13.7. The van der Waals surface area contributed by atoms with Crippen molar-refractivity contribution in [3.8, 4) is 61.8 Å². The normalized spacial score (nSPS) is 18.9. The zero-order valence-corrected chi connectivity index (χ0v) is 79.3. The Labute approximate surface area is 795 Å². The smallest absolute Gasteiger partial charge is 0.231 e. The average molecular weight is 1850 g/mol. The largest absolute Gasteiger partial charge is 0.496 e. The highest BCUT2D eigenvalue weighted by Gasteiger charge is 2.34. The lowest BCUT2D eigenvalue weighted by molar-refractivity contribution is 0.0115. The van der Waals surface area contributed by atoms with Gasteiger partial charge in [-0.3, -0.25) is 39.5 Å². The standard InChI is InChI=1S/C27H33N7O.C26H30FN7.C26H29N7O2.C25H27FN6O/c1-19-14-23-22(4-7-28-25(23)15-26(19)35-3)24-17-30-34-18-21(16-29-27(24)34)32-8-5-20(6-9-32)33-12-10-31(2)11-13-33;1-18-13-22-21(3-6-28-25(22)14-24(18)27)23-16-30-34-17-20(15-29-26(23)34)32-7-4-19(5-8-32)33-11-9-31(2)10-12-33;1-30-8-10-32(11-9-30)18-3-6-31(7-4-18)19-14-28-26-22(15-29-33(26)16-19)20-2-5-27-23-13-25-24(12-21(20)23)34-17-35-25;1-17-12-21-20(2-5-27-24(21)13-23(17)26)22-15-29-32-16-19(14-28-25(22)32)30-6-3-18(4-7-30)31-8-10-33-11-9-31/h4,7,14-18,20H,5-6,8-13H2,1-3H3;3,6,13-17,19H,4-5,7-12H2,1-2H3;2,5,12-16,18H,3-4,6-11,17H2,1H3;2,5,12-16,18H,3-4,6-11H2,1H3. The summed E-state index contributed by atoms with van der Waals surface area (Å²) in [6.45, 7) is 32.2. The number of pyridine rings is 4. The van der Waals surface area contributed by atoms with E-state index in [0.717, 1.165) is 237 Å². The molecule has 0 amide bonds. The van der Waals surface area contributed by atoms with Gasteiger partial charge in [0, 0.05) is 261 Å². The molecule has 0 atom stereocenters. The molecule has 0 unspecified atom stereocenters. The number of piperazine rings is 3. The van der Waals surface area contributed by atoms with Crippen molar-refractivity contribution < 1.29 is 27.7 Å². The summed E-state index contributed by atoms with van der Waals surface area (Å²) < 4.78 is 57.8. The molecule has 9 aliphatic heterocycles. The maximum absolute atomic E-state index is 14.1. The molecule has 8 fully saturated rings. The van der Waals surface area contributed by atoms with E-state index in [1.54, 1.807) is 33.4 Å². The number of aryl methyl sites for hydroxylation is 3. The molecule has 8 saturated heterocycles. The van der Waals surface area contributed by atoms with Crippen molar-refractivity contribution in [1.29, 1.82) is 0 Å². The summed E-state index contributed by atoms with van der Waals surface area (Å²) in [6.07, 6.45) is 40.4. The van der Waals surface area contributed by atoms with Gasteiger partial charge in [-0.1, -0.05) is 0 Å². The summed E-state index contributed by atoms with van der Waals surface area (Å²) in [6, 6.07) is 25.5. The minimum Gasteiger partial charge on any atom is -0.496 e. The van der Waals surface area contributed by atoms with E-state index in [-0.39, 0.29) is 18.4 Å². The van der Waals surface area contributed by atoms with Crippen LogP contribution in [0.5, 0.6) is 17.2 Å². The van der Waals surface area contributed by atoms with Crippen LogP contribution in [0.4, 0.5) is 31.5 Å². The maximum atomic E-state index is 14.1. The number of fused-ring (bicyclic) bond motifs is 9. The van der Waals surface area contributed by atoms with Crippen LogP contribution in [0.15, 0.2) is 172 Å². The topological polar surface area (TPSA) is 245 Å². The Balaban J connectivity index is 0.000000106. The maximum Gasteiger partial charge on any atom is 0.231 e. The van der Waals surface area contributed by atoms with Gasteiger partial charge in [-0.05, 0) is 181 Å². The highest BCUT2D eigenvalue weighted by molar-refractivity contribution is 6.02. The van der Waals surface area contributed by atoms with Gasteiger partial charge in [0.05, 0.1) is 140 Å². The molecule has 9 aliphatic rings. The van der Waals surface area contributed by atoms with Crippen LogP contribution in [0.1, 0.15) is 68.1 Å². The minimum atomic E-state index is -0.243. The second kappa shape index (κ2) is 39.0. The van der Waals surface area contributed by atoms with E-state index in [0.29, 0.717) is 46.3 Å². The number of nitrogens with zero attached hydrogens (tertiary/aromatic N) is 27. The Morgan fingerprint density at radius 1 is 0.307 bits per heavy atom. The average Bonchev–Trinajstić information content (AvgIpc) is 1.68. The van der Waals surface area contributed by atoms with Crippen LogP contribution in [0.2, 0.25) is 0 Å². The molecule has 33 heteroatoms. The third kappa shape index (κ3) is 18.4. The minimum absolute atomic E-state index is 0.240. The Morgan fingerprint density at radius 3 is 0.912 bits per heavy atom. The summed E-state index contributed by atoms with van der Waals surface area (Å²) >= 11 is 0. The summed E-state index contributed by atoms with van der Waals surface area (Å²) in [5.41, 5.74) is 21.0. The molecule has 0 aliphatic carbocycles. The van der Waals surface area contributed by atoms with E-state index in [1.165, 1.54) is 129 Å². The van der Waals surface area contributed by atoms with E-state index < -0.39 is 0 Å². The van der Waals surface area contributed by atoms with Crippen molar-refractivity contribution in [3.63, 3.8) is 0 Å². The molecule has 0 bridgehead atoms. The number of halogens is 2. The first-order valence-corrected chi connectivity index (χ1v) is 48.7. The van der Waals surface area contributed by atoms with Crippen molar-refractivity contribution in [3.05, 3.63) is 200 Å². The number of morpholine rings is 1. The molecule has 137 heavy (non-hydrogen) atoms. The van der Waals surface area contributed by atoms with E-state index >= 15 is 0 Å². The monoisotopic (exact) mass is 1850 g/mol. The number of methoxy groups -OCH3 is 1. The molecule has 0 saturated carbocycles.